The van der Waals surface area contributed by atoms with Crippen molar-refractivity contribution in [3.63, 3.8) is 0 Å². The molecule has 0 atom stereocenters. The number of nitrogens with zero attached hydrogens (tertiary/aromatic N) is 2. The van der Waals surface area contributed by atoms with Crippen LogP contribution in [0, 0.1) is 39.8 Å². The van der Waals surface area contributed by atoms with E-state index in [-0.39, 0.29) is 0 Å². The molecule has 0 heterocycles. The van der Waals surface area contributed by atoms with Crippen LogP contribution in [0.3, 0.4) is 0 Å². The number of rotatable bonds is 2. The van der Waals surface area contributed by atoms with Crippen LogP contribution >= 0.6 is 0 Å². The molecule has 0 saturated carbocycles. The predicted molar refractivity (Wildman–Crippen MR) is 88.2 cm³/mol. The second kappa shape index (κ2) is 6.72. The van der Waals surface area contributed by atoms with Crippen molar-refractivity contribution in [2.24, 2.45) is 0 Å². The van der Waals surface area contributed by atoms with Crippen molar-refractivity contribution in [2.75, 3.05) is 0 Å². The van der Waals surface area contributed by atoms with Crippen molar-refractivity contribution in [3.8, 4) is 23.6 Å². The molecule has 0 aliphatic carbocycles. The average Bonchev–Trinajstić information content (AvgIpc) is 2.52. The lowest BCUT2D eigenvalue weighted by molar-refractivity contribution is 0.463. The number of benzene rings is 2. The van der Waals surface area contributed by atoms with Crippen LogP contribution in [-0.4, -0.2) is 10.4 Å². The molecule has 0 aromatic heterocycles. The Morgan fingerprint density at radius 1 is 0.739 bits per heavy atom. The van der Waals surface area contributed by atoms with Gasteiger partial charge in [0.2, 0.25) is 10.0 Å². The van der Waals surface area contributed by atoms with Gasteiger partial charge in [-0.2, -0.15) is 10.4 Å². The van der Waals surface area contributed by atoms with E-state index in [0.29, 0.717) is 22.6 Å². The Bertz CT molecular complexity index is 808. The topological polar surface area (TPSA) is 58.4 Å². The van der Waals surface area contributed by atoms with E-state index in [2.05, 4.69) is 22.2 Å². The summed E-state index contributed by atoms with van der Waals surface area (Å²) in [6.07, 6.45) is 0. The van der Waals surface area contributed by atoms with E-state index in [1.54, 1.807) is 0 Å². The fourth-order valence-electron chi connectivity index (χ4n) is 2.42. The minimum absolute atomic E-state index is 0.656. The first-order valence-electron chi connectivity index (χ1n) is 7.08. The van der Waals surface area contributed by atoms with E-state index in [1.165, 1.54) is 0 Å². The predicted octanol–water partition coefficient (Wildman–Crippen LogP) is 4.85. The summed E-state index contributed by atoms with van der Waals surface area (Å²) in [4.78, 5) is 0. The average molecular weight is 310 g/mol. The zero-order valence-corrected chi connectivity index (χ0v) is 13.5. The summed E-state index contributed by atoms with van der Waals surface area (Å²) in [6, 6.07) is 12.5. The molecule has 0 aliphatic heterocycles. The number of aryl methyl sites for hydroxylation is 2. The molecule has 0 saturated heterocycles. The quantitative estimate of drug-likeness (QED) is 0.779. The number of hydrogen-bond acceptors (Lipinski definition) is 3. The summed E-state index contributed by atoms with van der Waals surface area (Å²) < 4.78 is 6.15. The van der Waals surface area contributed by atoms with Crippen LogP contribution in [0.1, 0.15) is 33.4 Å². The molecule has 0 amide bonds. The van der Waals surface area contributed by atoms with Gasteiger partial charge >= 0.3 is 12.1 Å². The zero-order chi connectivity index (χ0) is 17.0. The van der Waals surface area contributed by atoms with Gasteiger partial charge in [0.15, 0.2) is 0 Å². The molecule has 2 aromatic carbocycles. The summed E-state index contributed by atoms with van der Waals surface area (Å²) in [5.74, 6) is 1.37. The Labute approximate surface area is 134 Å². The molecule has 23 heavy (non-hydrogen) atoms. The molecule has 2 aromatic rings. The van der Waals surface area contributed by atoms with E-state index in [9.17, 15) is 0 Å². The van der Waals surface area contributed by atoms with Gasteiger partial charge < -0.3 is 4.74 Å². The van der Waals surface area contributed by atoms with Crippen molar-refractivity contribution in [2.45, 2.75) is 27.7 Å². The van der Waals surface area contributed by atoms with Crippen LogP contribution in [0.4, 0.5) is 0 Å². The SMILES string of the molecule is Cc1ccc(C#[N+]O)c(C)c1Oc1c(C)ccc(C#[N+]O)c1C. The minimum atomic E-state index is 0.656. The monoisotopic (exact) mass is 310 g/mol. The molecule has 0 aliphatic rings. The van der Waals surface area contributed by atoms with Gasteiger partial charge in [-0.25, -0.2) is 0 Å². The maximum atomic E-state index is 8.71. The van der Waals surface area contributed by atoms with Crippen molar-refractivity contribution in [1.82, 2.24) is 0 Å². The Balaban J connectivity index is 2.59. The molecule has 0 bridgehead atoms. The van der Waals surface area contributed by atoms with Crippen LogP contribution in [-0.2, 0) is 0 Å². The van der Waals surface area contributed by atoms with E-state index in [1.807, 2.05) is 52.0 Å². The maximum absolute atomic E-state index is 8.71. The lowest BCUT2D eigenvalue weighted by atomic mass is 10.0. The third-order valence-electron chi connectivity index (χ3n) is 3.75. The molecule has 116 valence electrons. The fraction of sp³-hybridized carbons (Fsp3) is 0.222. The maximum Gasteiger partial charge on any atom is 0.388 e. The molecule has 0 fully saturated rings. The number of ether oxygens (including phenoxy) is 1. The van der Waals surface area contributed by atoms with Gasteiger partial charge in [-0.3, -0.25) is 0 Å². The molecule has 0 unspecified atom stereocenters. The fourth-order valence-corrected chi connectivity index (χ4v) is 2.42. The molecule has 2 rings (SSSR count). The largest absolute Gasteiger partial charge is 0.456 e. The molecule has 0 radical (unpaired) electrons. The Hall–Kier alpha value is -3.18. The molecule has 2 N–H and O–H groups in total. The van der Waals surface area contributed by atoms with Gasteiger partial charge in [0.1, 0.15) is 22.6 Å². The smallest absolute Gasteiger partial charge is 0.388 e. The van der Waals surface area contributed by atoms with Crippen molar-refractivity contribution < 1.29 is 15.2 Å². The summed E-state index contributed by atoms with van der Waals surface area (Å²) >= 11 is 0. The minimum Gasteiger partial charge on any atom is -0.456 e. The van der Waals surface area contributed by atoms with E-state index in [0.717, 1.165) is 22.3 Å². The standard InChI is InChI=1S/C18H16N2O3/c1-11-5-7-15(9-19-21)13(3)17(11)23-18-12(2)6-8-16(10-20-22)14(18)4/h5-8H,1-4H3/p+2. The Kier molecular flexibility index (Phi) is 4.73. The Morgan fingerprint density at radius 2 is 1.13 bits per heavy atom. The van der Waals surface area contributed by atoms with Gasteiger partial charge in [-0.05, 0) is 51.0 Å². The first-order chi connectivity index (χ1) is 11.0. The van der Waals surface area contributed by atoms with Gasteiger partial charge in [0.05, 0.1) is 0 Å². The molecular formula is C18H18N2O3+2. The highest BCUT2D eigenvalue weighted by atomic mass is 16.5. The van der Waals surface area contributed by atoms with Gasteiger partial charge in [0, 0.05) is 11.1 Å². The third-order valence-corrected chi connectivity index (χ3v) is 3.75. The van der Waals surface area contributed by atoms with Crippen LogP contribution < -0.4 is 4.74 Å². The van der Waals surface area contributed by atoms with Crippen molar-refractivity contribution >= 4 is 0 Å². The van der Waals surface area contributed by atoms with Crippen LogP contribution in [0.2, 0.25) is 0 Å². The first kappa shape index (κ1) is 16.2. The molecule has 5 nitrogen and oxygen atoms in total. The van der Waals surface area contributed by atoms with E-state index >= 15 is 0 Å². The van der Waals surface area contributed by atoms with E-state index in [4.69, 9.17) is 15.2 Å². The highest BCUT2D eigenvalue weighted by molar-refractivity contribution is 5.56. The van der Waals surface area contributed by atoms with Gasteiger partial charge in [0.25, 0.3) is 0 Å². The third kappa shape index (κ3) is 3.20. The van der Waals surface area contributed by atoms with Crippen LogP contribution in [0.15, 0.2) is 24.3 Å². The molecular weight excluding hydrogens is 292 g/mol. The summed E-state index contributed by atoms with van der Waals surface area (Å²) in [5.41, 5.74) is 4.87. The highest BCUT2D eigenvalue weighted by Crippen LogP contribution is 2.35. The van der Waals surface area contributed by atoms with Crippen molar-refractivity contribution in [1.29, 1.82) is 0 Å². The Morgan fingerprint density at radius 3 is 1.48 bits per heavy atom. The zero-order valence-electron chi connectivity index (χ0n) is 13.5. The van der Waals surface area contributed by atoms with Crippen LogP contribution in [0.5, 0.6) is 11.5 Å². The second-order valence-corrected chi connectivity index (χ2v) is 5.29. The van der Waals surface area contributed by atoms with Crippen LogP contribution in [0.25, 0.3) is 10.0 Å². The van der Waals surface area contributed by atoms with Gasteiger partial charge in [-0.15, -0.1) is 0 Å². The number of hydrogen-bond donors (Lipinski definition) is 2. The lowest BCUT2D eigenvalue weighted by Crippen LogP contribution is -1.98. The van der Waals surface area contributed by atoms with E-state index < -0.39 is 0 Å². The molecule has 0 spiro atoms. The normalized spacial score (nSPS) is 9.39. The summed E-state index contributed by atoms with van der Waals surface area (Å²) in [5, 5.41) is 23.3. The summed E-state index contributed by atoms with van der Waals surface area (Å²) in [7, 11) is 0. The first-order valence-corrected chi connectivity index (χ1v) is 7.08. The summed E-state index contributed by atoms with van der Waals surface area (Å²) in [6.45, 7) is 7.65. The van der Waals surface area contributed by atoms with Gasteiger partial charge in [-0.1, -0.05) is 12.1 Å². The van der Waals surface area contributed by atoms with Crippen molar-refractivity contribution in [3.05, 3.63) is 67.7 Å². The molecule has 5 heteroatoms. The lowest BCUT2D eigenvalue weighted by Gasteiger charge is -2.16. The highest BCUT2D eigenvalue weighted by Gasteiger charge is 2.17. The second-order valence-electron chi connectivity index (χ2n) is 5.29.